The van der Waals surface area contributed by atoms with Crippen molar-refractivity contribution in [2.24, 2.45) is 0 Å². The SMILES string of the molecule is C=C1C(C)=C(Cl)N(C)C(=O)N1CC. The summed E-state index contributed by atoms with van der Waals surface area (Å²) in [6.07, 6.45) is 0. The number of likely N-dealkylation sites (N-methyl/N-ethyl adjacent to an activating group) is 1. The Hall–Kier alpha value is -0.960. The number of carbonyl (C=O) groups excluding carboxylic acids is 1. The fourth-order valence-corrected chi connectivity index (χ4v) is 1.46. The van der Waals surface area contributed by atoms with Gasteiger partial charge in [0.05, 0.1) is 0 Å². The summed E-state index contributed by atoms with van der Waals surface area (Å²) in [5, 5.41) is 0.458. The number of carbonyl (C=O) groups is 1. The zero-order valence-electron chi connectivity index (χ0n) is 8.09. The van der Waals surface area contributed by atoms with E-state index in [0.29, 0.717) is 17.4 Å². The predicted octanol–water partition coefficient (Wildman–Crippen LogP) is 2.36. The zero-order valence-corrected chi connectivity index (χ0v) is 8.85. The van der Waals surface area contributed by atoms with Crippen LogP contribution in [0.15, 0.2) is 23.0 Å². The second-order valence-electron chi connectivity index (χ2n) is 2.95. The molecule has 3 nitrogen and oxygen atoms in total. The highest BCUT2D eigenvalue weighted by atomic mass is 35.5. The number of halogens is 1. The third-order valence-electron chi connectivity index (χ3n) is 2.20. The average molecular weight is 201 g/mol. The summed E-state index contributed by atoms with van der Waals surface area (Å²) < 4.78 is 0. The number of rotatable bonds is 1. The van der Waals surface area contributed by atoms with Crippen LogP contribution in [-0.4, -0.2) is 29.4 Å². The second kappa shape index (κ2) is 3.42. The van der Waals surface area contributed by atoms with Crippen molar-refractivity contribution >= 4 is 17.6 Å². The number of urea groups is 1. The summed E-state index contributed by atoms with van der Waals surface area (Å²) in [5.41, 5.74) is 1.54. The first kappa shape index (κ1) is 10.1. The van der Waals surface area contributed by atoms with Gasteiger partial charge in [-0.2, -0.15) is 0 Å². The lowest BCUT2D eigenvalue weighted by atomic mass is 10.2. The summed E-state index contributed by atoms with van der Waals surface area (Å²) in [6, 6.07) is -0.122. The molecule has 4 heteroatoms. The molecule has 1 aliphatic rings. The van der Waals surface area contributed by atoms with E-state index in [1.807, 2.05) is 13.8 Å². The van der Waals surface area contributed by atoms with Crippen molar-refractivity contribution in [3.8, 4) is 0 Å². The number of nitrogens with zero attached hydrogens (tertiary/aromatic N) is 2. The van der Waals surface area contributed by atoms with Gasteiger partial charge in [0.25, 0.3) is 0 Å². The summed E-state index contributed by atoms with van der Waals surface area (Å²) in [4.78, 5) is 14.6. The average Bonchev–Trinajstić information content (AvgIpc) is 2.13. The summed E-state index contributed by atoms with van der Waals surface area (Å²) in [5.74, 6) is 0. The molecule has 0 aromatic heterocycles. The van der Waals surface area contributed by atoms with Crippen LogP contribution in [0.25, 0.3) is 0 Å². The molecule has 0 fully saturated rings. The molecular formula is C9H13ClN2O. The van der Waals surface area contributed by atoms with E-state index in [1.165, 1.54) is 4.90 Å². The highest BCUT2D eigenvalue weighted by Gasteiger charge is 2.28. The predicted molar refractivity (Wildman–Crippen MR) is 53.2 cm³/mol. The van der Waals surface area contributed by atoms with Crippen molar-refractivity contribution in [2.75, 3.05) is 13.6 Å². The molecule has 0 unspecified atom stereocenters. The van der Waals surface area contributed by atoms with Gasteiger partial charge in [-0.1, -0.05) is 18.2 Å². The van der Waals surface area contributed by atoms with Crippen LogP contribution in [0, 0.1) is 0 Å². The Kier molecular flexibility index (Phi) is 2.66. The first-order chi connectivity index (χ1) is 6.00. The van der Waals surface area contributed by atoms with E-state index in [-0.39, 0.29) is 6.03 Å². The van der Waals surface area contributed by atoms with Gasteiger partial charge in [-0.15, -0.1) is 0 Å². The van der Waals surface area contributed by atoms with E-state index in [4.69, 9.17) is 11.6 Å². The van der Waals surface area contributed by atoms with Crippen molar-refractivity contribution in [1.29, 1.82) is 0 Å². The Morgan fingerprint density at radius 3 is 2.54 bits per heavy atom. The van der Waals surface area contributed by atoms with Crippen LogP contribution in [0.2, 0.25) is 0 Å². The van der Waals surface area contributed by atoms with Crippen LogP contribution < -0.4 is 0 Å². The standard InChI is InChI=1S/C9H13ClN2O/c1-5-12-7(3)6(2)8(10)11(4)9(12)13/h3,5H2,1-2,4H3. The van der Waals surface area contributed by atoms with Crippen LogP contribution >= 0.6 is 11.6 Å². The lowest BCUT2D eigenvalue weighted by Crippen LogP contribution is -2.43. The molecule has 0 radical (unpaired) electrons. The van der Waals surface area contributed by atoms with Gasteiger partial charge in [-0.05, 0) is 13.8 Å². The molecule has 1 heterocycles. The van der Waals surface area contributed by atoms with Crippen molar-refractivity contribution < 1.29 is 4.79 Å². The van der Waals surface area contributed by atoms with Gasteiger partial charge >= 0.3 is 6.03 Å². The first-order valence-corrected chi connectivity index (χ1v) is 4.49. The van der Waals surface area contributed by atoms with Crippen LogP contribution in [0.3, 0.4) is 0 Å². The summed E-state index contributed by atoms with van der Waals surface area (Å²) in [7, 11) is 1.66. The summed E-state index contributed by atoms with van der Waals surface area (Å²) in [6.45, 7) is 8.20. The lowest BCUT2D eigenvalue weighted by Gasteiger charge is -2.34. The topological polar surface area (TPSA) is 23.6 Å². The fourth-order valence-electron chi connectivity index (χ4n) is 1.28. The molecule has 0 aromatic rings. The van der Waals surface area contributed by atoms with Crippen molar-refractivity contribution in [3.05, 3.63) is 23.0 Å². The van der Waals surface area contributed by atoms with Gasteiger partial charge in [-0.25, -0.2) is 4.79 Å². The summed E-state index contributed by atoms with van der Waals surface area (Å²) >= 11 is 5.93. The van der Waals surface area contributed by atoms with Crippen molar-refractivity contribution in [2.45, 2.75) is 13.8 Å². The van der Waals surface area contributed by atoms with Crippen molar-refractivity contribution in [3.63, 3.8) is 0 Å². The van der Waals surface area contributed by atoms with Gasteiger partial charge in [-0.3, -0.25) is 9.80 Å². The van der Waals surface area contributed by atoms with Crippen LogP contribution in [0.5, 0.6) is 0 Å². The number of amides is 2. The highest BCUT2D eigenvalue weighted by molar-refractivity contribution is 6.31. The molecule has 13 heavy (non-hydrogen) atoms. The quantitative estimate of drug-likeness (QED) is 0.596. The van der Waals surface area contributed by atoms with Crippen molar-refractivity contribution in [1.82, 2.24) is 9.80 Å². The van der Waals surface area contributed by atoms with Crippen LogP contribution in [-0.2, 0) is 0 Å². The molecule has 72 valence electrons. The minimum absolute atomic E-state index is 0.122. The van der Waals surface area contributed by atoms with E-state index in [9.17, 15) is 4.79 Å². The molecule has 1 aliphatic heterocycles. The normalized spacial score (nSPS) is 18.8. The molecule has 1 rings (SSSR count). The molecular weight excluding hydrogens is 188 g/mol. The molecule has 0 bridgehead atoms. The Morgan fingerprint density at radius 2 is 2.08 bits per heavy atom. The maximum absolute atomic E-state index is 11.6. The molecule has 0 atom stereocenters. The van der Waals surface area contributed by atoms with E-state index in [2.05, 4.69) is 6.58 Å². The molecule has 2 amide bonds. The molecule has 0 aliphatic carbocycles. The zero-order chi connectivity index (χ0) is 10.2. The van der Waals surface area contributed by atoms with Gasteiger partial charge in [0, 0.05) is 24.9 Å². The monoisotopic (exact) mass is 200 g/mol. The maximum atomic E-state index is 11.6. The number of hydrogen-bond donors (Lipinski definition) is 0. The molecule has 0 N–H and O–H groups in total. The highest BCUT2D eigenvalue weighted by Crippen LogP contribution is 2.28. The Balaban J connectivity index is 3.14. The molecule has 0 aromatic carbocycles. The largest absolute Gasteiger partial charge is 0.329 e. The smallest absolute Gasteiger partial charge is 0.295 e. The molecule has 0 saturated heterocycles. The maximum Gasteiger partial charge on any atom is 0.329 e. The Bertz CT molecular complexity index is 296. The molecule has 0 saturated carbocycles. The molecule has 0 spiro atoms. The number of allylic oxidation sites excluding steroid dienone is 1. The second-order valence-corrected chi connectivity index (χ2v) is 3.31. The van der Waals surface area contributed by atoms with E-state index < -0.39 is 0 Å². The minimum atomic E-state index is -0.122. The minimum Gasteiger partial charge on any atom is -0.295 e. The van der Waals surface area contributed by atoms with Crippen LogP contribution in [0.1, 0.15) is 13.8 Å². The fraction of sp³-hybridized carbons (Fsp3) is 0.444. The Labute approximate surface area is 83.3 Å². The lowest BCUT2D eigenvalue weighted by molar-refractivity contribution is 0.186. The van der Waals surface area contributed by atoms with Gasteiger partial charge in [0.15, 0.2) is 0 Å². The van der Waals surface area contributed by atoms with Gasteiger partial charge < -0.3 is 0 Å². The first-order valence-electron chi connectivity index (χ1n) is 4.11. The number of hydrogen-bond acceptors (Lipinski definition) is 1. The third-order valence-corrected chi connectivity index (χ3v) is 2.73. The van der Waals surface area contributed by atoms with E-state index in [0.717, 1.165) is 5.57 Å². The van der Waals surface area contributed by atoms with Crippen LogP contribution in [0.4, 0.5) is 4.79 Å². The van der Waals surface area contributed by atoms with Gasteiger partial charge in [0.1, 0.15) is 5.16 Å². The Morgan fingerprint density at radius 1 is 1.54 bits per heavy atom. The third kappa shape index (κ3) is 1.44. The van der Waals surface area contributed by atoms with Gasteiger partial charge in [0.2, 0.25) is 0 Å². The van der Waals surface area contributed by atoms with E-state index >= 15 is 0 Å². The van der Waals surface area contributed by atoms with E-state index in [1.54, 1.807) is 11.9 Å².